The average Bonchev–Trinajstić information content (AvgIpc) is 3.05. The maximum Gasteiger partial charge on any atom is 0.221 e. The molecule has 26 heavy (non-hydrogen) atoms. The molecule has 1 amide bonds. The molecule has 0 fully saturated rings. The van der Waals surface area contributed by atoms with Crippen LogP contribution in [0, 0.1) is 6.92 Å². The van der Waals surface area contributed by atoms with Gasteiger partial charge in [0, 0.05) is 30.0 Å². The van der Waals surface area contributed by atoms with E-state index in [1.54, 1.807) is 11.3 Å². The van der Waals surface area contributed by atoms with Crippen molar-refractivity contribution >= 4 is 17.2 Å². The molecule has 132 valence electrons. The van der Waals surface area contributed by atoms with Crippen LogP contribution in [0.15, 0.2) is 42.5 Å². The van der Waals surface area contributed by atoms with Gasteiger partial charge in [-0.25, -0.2) is 4.98 Å². The van der Waals surface area contributed by atoms with E-state index in [0.29, 0.717) is 0 Å². The standard InChI is InChI=1S/C21H21N3OS/c1-13-16(15-5-2-4-14(10-15)11-20(22)25)6-3-7-17(13)21-24-18-8-9-23-12-19(18)26-21/h2-7,10,23H,8-9,11-12H2,1H3,(H2,22,25). The number of primary amides is 1. The maximum atomic E-state index is 11.2. The van der Waals surface area contributed by atoms with Crippen molar-refractivity contribution < 1.29 is 4.79 Å². The molecule has 0 atom stereocenters. The van der Waals surface area contributed by atoms with E-state index >= 15 is 0 Å². The number of hydrogen-bond acceptors (Lipinski definition) is 4. The Balaban J connectivity index is 1.74. The number of amides is 1. The van der Waals surface area contributed by atoms with Gasteiger partial charge in [0.05, 0.1) is 12.1 Å². The average molecular weight is 363 g/mol. The number of nitrogens with zero attached hydrogens (tertiary/aromatic N) is 1. The third-order valence-electron chi connectivity index (χ3n) is 4.78. The number of fused-ring (bicyclic) bond motifs is 1. The summed E-state index contributed by atoms with van der Waals surface area (Å²) < 4.78 is 0. The summed E-state index contributed by atoms with van der Waals surface area (Å²) in [5, 5.41) is 4.50. The van der Waals surface area contributed by atoms with Crippen molar-refractivity contribution in [2.75, 3.05) is 6.54 Å². The number of nitrogens with two attached hydrogens (primary N) is 1. The summed E-state index contributed by atoms with van der Waals surface area (Å²) in [6.45, 7) is 4.06. The lowest BCUT2D eigenvalue weighted by Crippen LogP contribution is -2.22. The number of hydrogen-bond donors (Lipinski definition) is 2. The van der Waals surface area contributed by atoms with Gasteiger partial charge >= 0.3 is 0 Å². The van der Waals surface area contributed by atoms with Gasteiger partial charge in [0.1, 0.15) is 5.01 Å². The summed E-state index contributed by atoms with van der Waals surface area (Å²) in [6, 6.07) is 14.4. The second-order valence-corrected chi connectivity index (χ2v) is 7.72. The Bertz CT molecular complexity index is 954. The molecular weight excluding hydrogens is 342 g/mol. The van der Waals surface area contributed by atoms with Gasteiger partial charge in [-0.3, -0.25) is 4.79 Å². The number of benzene rings is 2. The summed E-state index contributed by atoms with van der Waals surface area (Å²) in [6.07, 6.45) is 1.26. The Morgan fingerprint density at radius 1 is 1.23 bits per heavy atom. The molecule has 3 aromatic rings. The van der Waals surface area contributed by atoms with Crippen LogP contribution in [0.4, 0.5) is 0 Å². The summed E-state index contributed by atoms with van der Waals surface area (Å²) in [4.78, 5) is 17.5. The first-order valence-corrected chi connectivity index (χ1v) is 9.60. The first-order valence-electron chi connectivity index (χ1n) is 8.78. The van der Waals surface area contributed by atoms with E-state index in [-0.39, 0.29) is 12.3 Å². The molecule has 1 aromatic heterocycles. The number of rotatable bonds is 4. The summed E-state index contributed by atoms with van der Waals surface area (Å²) in [5.41, 5.74) is 12.2. The Labute approximate surface area is 157 Å². The highest BCUT2D eigenvalue weighted by molar-refractivity contribution is 7.15. The largest absolute Gasteiger partial charge is 0.369 e. The molecule has 0 saturated carbocycles. The predicted molar refractivity (Wildman–Crippen MR) is 106 cm³/mol. The summed E-state index contributed by atoms with van der Waals surface area (Å²) in [5.74, 6) is -0.311. The van der Waals surface area contributed by atoms with Crippen molar-refractivity contribution in [1.82, 2.24) is 10.3 Å². The SMILES string of the molecule is Cc1c(-c2cccc(CC(N)=O)c2)cccc1-c1nc2c(s1)CNCC2. The van der Waals surface area contributed by atoms with Crippen molar-refractivity contribution in [1.29, 1.82) is 0 Å². The summed E-state index contributed by atoms with van der Waals surface area (Å²) >= 11 is 1.78. The second-order valence-electron chi connectivity index (χ2n) is 6.64. The number of thiazole rings is 1. The van der Waals surface area contributed by atoms with Crippen LogP contribution in [0.25, 0.3) is 21.7 Å². The first kappa shape index (κ1) is 16.9. The number of carbonyl (C=O) groups excluding carboxylic acids is 1. The smallest absolute Gasteiger partial charge is 0.221 e. The highest BCUT2D eigenvalue weighted by Gasteiger charge is 2.17. The topological polar surface area (TPSA) is 68.0 Å². The Morgan fingerprint density at radius 3 is 2.85 bits per heavy atom. The molecule has 1 aliphatic heterocycles. The quantitative estimate of drug-likeness (QED) is 0.746. The zero-order valence-electron chi connectivity index (χ0n) is 14.7. The monoisotopic (exact) mass is 363 g/mol. The normalized spacial score (nSPS) is 13.4. The van der Waals surface area contributed by atoms with Crippen LogP contribution in [-0.2, 0) is 24.2 Å². The van der Waals surface area contributed by atoms with E-state index in [9.17, 15) is 4.79 Å². The number of aromatic nitrogens is 1. The van der Waals surface area contributed by atoms with Gasteiger partial charge in [0.2, 0.25) is 5.91 Å². The van der Waals surface area contributed by atoms with Crippen LogP contribution >= 0.6 is 11.3 Å². The number of carbonyl (C=O) groups is 1. The van der Waals surface area contributed by atoms with Crippen LogP contribution in [0.3, 0.4) is 0 Å². The molecule has 0 radical (unpaired) electrons. The molecule has 3 N–H and O–H groups in total. The number of nitrogens with one attached hydrogen (secondary N) is 1. The van der Waals surface area contributed by atoms with Crippen LogP contribution in [0.1, 0.15) is 21.7 Å². The van der Waals surface area contributed by atoms with Crippen LogP contribution in [-0.4, -0.2) is 17.4 Å². The van der Waals surface area contributed by atoms with Crippen molar-refractivity contribution in [2.24, 2.45) is 5.73 Å². The lowest BCUT2D eigenvalue weighted by atomic mass is 9.95. The van der Waals surface area contributed by atoms with Crippen molar-refractivity contribution in [3.05, 3.63) is 64.2 Å². The van der Waals surface area contributed by atoms with Crippen LogP contribution in [0.5, 0.6) is 0 Å². The molecule has 0 spiro atoms. The van der Waals surface area contributed by atoms with Gasteiger partial charge in [0.25, 0.3) is 0 Å². The van der Waals surface area contributed by atoms with Crippen molar-refractivity contribution in [3.8, 4) is 21.7 Å². The molecule has 0 bridgehead atoms. The minimum absolute atomic E-state index is 0.263. The fourth-order valence-corrected chi connectivity index (χ4v) is 4.63. The molecule has 2 aromatic carbocycles. The molecular formula is C21H21N3OS. The van der Waals surface area contributed by atoms with Crippen molar-refractivity contribution in [3.63, 3.8) is 0 Å². The van der Waals surface area contributed by atoms with E-state index in [4.69, 9.17) is 10.7 Å². The van der Waals surface area contributed by atoms with Crippen molar-refractivity contribution in [2.45, 2.75) is 26.3 Å². The fraction of sp³-hybridized carbons (Fsp3) is 0.238. The molecule has 0 saturated heterocycles. The van der Waals surface area contributed by atoms with Gasteiger partial charge in [-0.2, -0.15) is 0 Å². The maximum absolute atomic E-state index is 11.2. The molecule has 1 aliphatic rings. The van der Waals surface area contributed by atoms with E-state index in [1.807, 2.05) is 18.2 Å². The van der Waals surface area contributed by atoms with Gasteiger partial charge in [0.15, 0.2) is 0 Å². The van der Waals surface area contributed by atoms with Gasteiger partial charge in [-0.05, 0) is 29.2 Å². The summed E-state index contributed by atoms with van der Waals surface area (Å²) in [7, 11) is 0. The first-order chi connectivity index (χ1) is 12.6. The molecule has 0 unspecified atom stereocenters. The predicted octanol–water partition coefficient (Wildman–Crippen LogP) is 3.46. The van der Waals surface area contributed by atoms with E-state index in [0.717, 1.165) is 35.6 Å². The zero-order chi connectivity index (χ0) is 18.1. The van der Waals surface area contributed by atoms with Gasteiger partial charge < -0.3 is 11.1 Å². The molecule has 5 heteroatoms. The highest BCUT2D eigenvalue weighted by atomic mass is 32.1. The van der Waals surface area contributed by atoms with E-state index in [1.165, 1.54) is 27.3 Å². The molecule has 0 aliphatic carbocycles. The Morgan fingerprint density at radius 2 is 2.04 bits per heavy atom. The van der Waals surface area contributed by atoms with Gasteiger partial charge in [-0.15, -0.1) is 11.3 Å². The van der Waals surface area contributed by atoms with Gasteiger partial charge in [-0.1, -0.05) is 42.5 Å². The fourth-order valence-electron chi connectivity index (χ4n) is 3.47. The van der Waals surface area contributed by atoms with E-state index < -0.39 is 0 Å². The molecule has 2 heterocycles. The van der Waals surface area contributed by atoms with E-state index in [2.05, 4.69) is 36.5 Å². The third-order valence-corrected chi connectivity index (χ3v) is 5.91. The zero-order valence-corrected chi connectivity index (χ0v) is 15.5. The molecule has 4 rings (SSSR count). The molecule has 4 nitrogen and oxygen atoms in total. The van der Waals surface area contributed by atoms with Crippen LogP contribution in [0.2, 0.25) is 0 Å². The minimum atomic E-state index is -0.311. The third kappa shape index (κ3) is 3.28. The Kier molecular flexibility index (Phi) is 4.57. The lowest BCUT2D eigenvalue weighted by Gasteiger charge is -2.11. The highest BCUT2D eigenvalue weighted by Crippen LogP contribution is 2.36. The minimum Gasteiger partial charge on any atom is -0.369 e. The lowest BCUT2D eigenvalue weighted by molar-refractivity contribution is -0.117. The van der Waals surface area contributed by atoms with Crippen LogP contribution < -0.4 is 11.1 Å². The second kappa shape index (κ2) is 7.02. The Hall–Kier alpha value is -2.50.